The van der Waals surface area contributed by atoms with Crippen molar-refractivity contribution < 1.29 is 22.3 Å². The van der Waals surface area contributed by atoms with Crippen LogP contribution in [0.2, 0.25) is 0 Å². The molecule has 0 fully saturated rings. The van der Waals surface area contributed by atoms with Gasteiger partial charge < -0.3 is 14.6 Å². The second kappa shape index (κ2) is 10.7. The van der Waals surface area contributed by atoms with Crippen molar-refractivity contribution in [3.8, 4) is 28.3 Å². The summed E-state index contributed by atoms with van der Waals surface area (Å²) >= 11 is 0. The molecule has 6 rings (SSSR count). The Bertz CT molecular complexity index is 1950. The van der Waals surface area contributed by atoms with Crippen molar-refractivity contribution in [2.45, 2.75) is 31.7 Å². The number of hydrogen-bond acceptors (Lipinski definition) is 5. The Kier molecular flexibility index (Phi) is 7.06. The summed E-state index contributed by atoms with van der Waals surface area (Å²) < 4.78 is 45.1. The molecule has 214 valence electrons. The Morgan fingerprint density at radius 1 is 1.00 bits per heavy atom. The van der Waals surface area contributed by atoms with Crippen LogP contribution in [-0.2, 0) is 22.8 Å². The molecule has 1 aliphatic rings. The van der Waals surface area contributed by atoms with Crippen molar-refractivity contribution >= 4 is 26.8 Å². The van der Waals surface area contributed by atoms with Gasteiger partial charge in [-0.05, 0) is 66.4 Å². The van der Waals surface area contributed by atoms with Crippen LogP contribution in [0.5, 0.6) is 5.75 Å². The summed E-state index contributed by atoms with van der Waals surface area (Å²) in [5.74, 6) is 0.274. The van der Waals surface area contributed by atoms with Crippen LogP contribution < -0.4 is 4.74 Å². The van der Waals surface area contributed by atoms with Gasteiger partial charge in [0.25, 0.3) is 5.91 Å². The summed E-state index contributed by atoms with van der Waals surface area (Å²) in [6.45, 7) is 4.63. The molecule has 9 heteroatoms. The molecule has 0 saturated carbocycles. The molecule has 0 spiro atoms. The number of carbonyl (C=O) groups excluding carboxylic acids is 1. The van der Waals surface area contributed by atoms with Gasteiger partial charge in [0, 0.05) is 35.1 Å². The minimum atomic E-state index is -3.76. The van der Waals surface area contributed by atoms with E-state index < -0.39 is 20.5 Å². The number of nitrogens with zero attached hydrogens (tertiary/aromatic N) is 2. The Labute approximate surface area is 243 Å². The van der Waals surface area contributed by atoms with Gasteiger partial charge in [-0.25, -0.2) is 17.8 Å². The number of nitrogens with one attached hydrogen (secondary N) is 1. The third-order valence-corrected chi connectivity index (χ3v) is 8.76. The van der Waals surface area contributed by atoms with E-state index >= 15 is 4.39 Å². The van der Waals surface area contributed by atoms with Crippen molar-refractivity contribution in [2.24, 2.45) is 0 Å². The Balaban J connectivity index is 1.27. The third kappa shape index (κ3) is 5.16. The molecule has 0 aliphatic carbocycles. The maximum Gasteiger partial charge on any atom is 0.254 e. The van der Waals surface area contributed by atoms with Gasteiger partial charge in [-0.3, -0.25) is 4.79 Å². The Morgan fingerprint density at radius 3 is 2.48 bits per heavy atom. The smallest absolute Gasteiger partial charge is 0.254 e. The van der Waals surface area contributed by atoms with E-state index in [4.69, 9.17) is 9.72 Å². The maximum atomic E-state index is 15.1. The lowest BCUT2D eigenvalue weighted by molar-refractivity contribution is 0.0731. The lowest BCUT2D eigenvalue weighted by atomic mass is 10.00. The van der Waals surface area contributed by atoms with Crippen LogP contribution in [0, 0.1) is 12.7 Å². The number of sulfone groups is 1. The van der Waals surface area contributed by atoms with Gasteiger partial charge >= 0.3 is 0 Å². The van der Waals surface area contributed by atoms with Crippen LogP contribution in [0.3, 0.4) is 0 Å². The molecule has 1 amide bonds. The molecule has 0 saturated heterocycles. The average Bonchev–Trinajstić information content (AvgIpc) is 3.27. The van der Waals surface area contributed by atoms with E-state index in [0.717, 1.165) is 45.4 Å². The fourth-order valence-corrected chi connectivity index (χ4v) is 6.19. The highest BCUT2D eigenvalue weighted by Crippen LogP contribution is 2.32. The molecular weight excluding hydrogens is 553 g/mol. The lowest BCUT2D eigenvalue weighted by Gasteiger charge is -2.22. The van der Waals surface area contributed by atoms with Crippen molar-refractivity contribution in [2.75, 3.05) is 19.4 Å². The number of amides is 1. The fourth-order valence-electron chi connectivity index (χ4n) is 5.43. The molecule has 7 nitrogen and oxygen atoms in total. The molecule has 2 heterocycles. The first-order chi connectivity index (χ1) is 20.1. The molecule has 1 aliphatic heterocycles. The van der Waals surface area contributed by atoms with Crippen LogP contribution in [0.25, 0.3) is 33.5 Å². The fraction of sp³-hybridized carbons (Fsp3) is 0.212. The molecule has 0 radical (unpaired) electrons. The summed E-state index contributed by atoms with van der Waals surface area (Å²) in [4.78, 5) is 22.9. The van der Waals surface area contributed by atoms with Crippen molar-refractivity contribution in [3.05, 3.63) is 101 Å². The molecule has 1 N–H and O–H groups in total. The van der Waals surface area contributed by atoms with E-state index in [-0.39, 0.29) is 36.6 Å². The number of aryl methyl sites for hydroxylation is 1. The van der Waals surface area contributed by atoms with Gasteiger partial charge in [-0.15, -0.1) is 0 Å². The van der Waals surface area contributed by atoms with Gasteiger partial charge in [0.1, 0.15) is 28.9 Å². The second-order valence-electron chi connectivity index (χ2n) is 10.6. The van der Waals surface area contributed by atoms with Gasteiger partial charge in [0.15, 0.2) is 9.84 Å². The van der Waals surface area contributed by atoms with Crippen LogP contribution in [-0.4, -0.2) is 48.6 Å². The molecule has 42 heavy (non-hydrogen) atoms. The Morgan fingerprint density at radius 2 is 1.74 bits per heavy atom. The second-order valence-corrected chi connectivity index (χ2v) is 12.6. The van der Waals surface area contributed by atoms with Crippen molar-refractivity contribution in [1.29, 1.82) is 0 Å². The quantitative estimate of drug-likeness (QED) is 0.261. The van der Waals surface area contributed by atoms with Crippen LogP contribution in [0.1, 0.15) is 34.0 Å². The number of H-pyrrole nitrogens is 1. The zero-order chi connectivity index (χ0) is 29.6. The van der Waals surface area contributed by atoms with E-state index in [1.165, 1.54) is 17.7 Å². The number of aromatic nitrogens is 2. The standard InChI is InChI=1S/C33H30FN3O4S/c1-4-25-26(11-14-30(31(25)34)42(3,39)40)33(38)37-15-16-41-29-13-10-23(18-24(29)19-37)21-6-8-22(9-7-21)32-35-27-12-5-20(2)17-28(27)36-32/h5-14,17-18H,4,15-16,19H2,1-3H3,(H,35,36). The monoisotopic (exact) mass is 583 g/mol. The predicted molar refractivity (Wildman–Crippen MR) is 161 cm³/mol. The minimum absolute atomic E-state index is 0.0988. The highest BCUT2D eigenvalue weighted by atomic mass is 32.2. The number of halogens is 1. The van der Waals surface area contributed by atoms with Crippen molar-refractivity contribution in [3.63, 3.8) is 0 Å². The van der Waals surface area contributed by atoms with E-state index in [0.29, 0.717) is 12.3 Å². The molecule has 5 aromatic rings. The highest BCUT2D eigenvalue weighted by molar-refractivity contribution is 7.90. The van der Waals surface area contributed by atoms with Gasteiger partial charge in [0.05, 0.1) is 17.6 Å². The maximum absolute atomic E-state index is 15.1. The highest BCUT2D eigenvalue weighted by Gasteiger charge is 2.27. The SMILES string of the molecule is CCc1c(C(=O)N2CCOc3ccc(-c4ccc(-c5nc6ccc(C)cc6[nH]5)cc4)cc3C2)ccc(S(C)(=O)=O)c1F. The number of carbonyl (C=O) groups is 1. The van der Waals surface area contributed by atoms with Crippen LogP contribution >= 0.6 is 0 Å². The minimum Gasteiger partial charge on any atom is -0.491 e. The van der Waals surface area contributed by atoms with Crippen LogP contribution in [0.4, 0.5) is 4.39 Å². The lowest BCUT2D eigenvalue weighted by Crippen LogP contribution is -2.33. The summed E-state index contributed by atoms with van der Waals surface area (Å²) in [7, 11) is -3.76. The Hall–Kier alpha value is -4.50. The summed E-state index contributed by atoms with van der Waals surface area (Å²) in [6, 6.07) is 22.8. The molecule has 0 atom stereocenters. The number of rotatable bonds is 5. The number of hydrogen-bond donors (Lipinski definition) is 1. The number of ether oxygens (including phenoxy) is 1. The summed E-state index contributed by atoms with van der Waals surface area (Å²) in [6.07, 6.45) is 1.14. The number of aromatic amines is 1. The normalized spacial score (nSPS) is 13.5. The number of fused-ring (bicyclic) bond motifs is 2. The molecule has 4 aromatic carbocycles. The molecule has 1 aromatic heterocycles. The van der Waals surface area contributed by atoms with Gasteiger partial charge in [0.2, 0.25) is 0 Å². The first-order valence-corrected chi connectivity index (χ1v) is 15.6. The first kappa shape index (κ1) is 27.7. The molecular formula is C33H30FN3O4S. The largest absolute Gasteiger partial charge is 0.491 e. The van der Waals surface area contributed by atoms with E-state index in [1.807, 2.05) is 54.6 Å². The van der Waals surface area contributed by atoms with Gasteiger partial charge in [-0.1, -0.05) is 43.3 Å². The predicted octanol–water partition coefficient (Wildman–Crippen LogP) is 6.35. The van der Waals surface area contributed by atoms with E-state index in [1.54, 1.807) is 11.8 Å². The summed E-state index contributed by atoms with van der Waals surface area (Å²) in [5, 5.41) is 0. The number of benzene rings is 4. The number of imidazole rings is 1. The first-order valence-electron chi connectivity index (χ1n) is 13.8. The van der Waals surface area contributed by atoms with Crippen LogP contribution in [0.15, 0.2) is 77.7 Å². The molecule has 0 unspecified atom stereocenters. The van der Waals surface area contributed by atoms with Crippen molar-refractivity contribution in [1.82, 2.24) is 14.9 Å². The molecule has 0 bridgehead atoms. The summed E-state index contributed by atoms with van der Waals surface area (Å²) in [5.41, 5.74) is 7.13. The van der Waals surface area contributed by atoms with E-state index in [2.05, 4.69) is 18.0 Å². The topological polar surface area (TPSA) is 92.4 Å². The zero-order valence-corrected chi connectivity index (χ0v) is 24.4. The zero-order valence-electron chi connectivity index (χ0n) is 23.6. The van der Waals surface area contributed by atoms with E-state index in [9.17, 15) is 13.2 Å². The third-order valence-electron chi connectivity index (χ3n) is 7.65. The average molecular weight is 584 g/mol. The van der Waals surface area contributed by atoms with Gasteiger partial charge in [-0.2, -0.15) is 0 Å².